The summed E-state index contributed by atoms with van der Waals surface area (Å²) in [5, 5.41) is 0. The van der Waals surface area contributed by atoms with E-state index in [1.54, 1.807) is 0 Å². The highest BCUT2D eigenvalue weighted by atomic mass is 35.5. The van der Waals surface area contributed by atoms with Crippen LogP contribution in [0.2, 0.25) is 0 Å². The van der Waals surface area contributed by atoms with Crippen molar-refractivity contribution in [3.8, 4) is 0 Å². The standard InChI is InChI=1S/C19H29NO3.ClH/c1-3-12-22-18-14(2)23-19(21)17(20)11-7-10-16(18)13-15-8-5-4-6-9-15;/h4-6,8-9,14,16-18H,3,7,10-13,20H2,1-2H3;1H/t14-,16+,17-,18-;/m0./s1. The van der Waals surface area contributed by atoms with Gasteiger partial charge in [-0.05, 0) is 44.1 Å². The number of hydrogen-bond acceptors (Lipinski definition) is 4. The molecule has 1 aromatic carbocycles. The van der Waals surface area contributed by atoms with E-state index >= 15 is 0 Å². The lowest BCUT2D eigenvalue weighted by atomic mass is 9.87. The molecule has 136 valence electrons. The molecule has 5 heteroatoms. The molecule has 4 nitrogen and oxygen atoms in total. The van der Waals surface area contributed by atoms with Gasteiger partial charge in [0.25, 0.3) is 0 Å². The van der Waals surface area contributed by atoms with Gasteiger partial charge in [0.05, 0.1) is 6.10 Å². The van der Waals surface area contributed by atoms with Crippen LogP contribution in [0.4, 0.5) is 0 Å². The fourth-order valence-electron chi connectivity index (χ4n) is 3.26. The van der Waals surface area contributed by atoms with Crippen LogP contribution < -0.4 is 5.73 Å². The van der Waals surface area contributed by atoms with Crippen molar-refractivity contribution in [3.05, 3.63) is 35.9 Å². The molecule has 1 aliphatic rings. The summed E-state index contributed by atoms with van der Waals surface area (Å²) in [6.45, 7) is 4.70. The van der Waals surface area contributed by atoms with E-state index < -0.39 is 6.04 Å². The largest absolute Gasteiger partial charge is 0.459 e. The van der Waals surface area contributed by atoms with Crippen molar-refractivity contribution in [1.29, 1.82) is 0 Å². The molecule has 0 bridgehead atoms. The fraction of sp³-hybridized carbons (Fsp3) is 0.632. The van der Waals surface area contributed by atoms with Crippen molar-refractivity contribution < 1.29 is 14.3 Å². The fourth-order valence-corrected chi connectivity index (χ4v) is 3.26. The highest BCUT2D eigenvalue weighted by Gasteiger charge is 2.33. The summed E-state index contributed by atoms with van der Waals surface area (Å²) < 4.78 is 11.7. The molecule has 0 radical (unpaired) electrons. The number of rotatable bonds is 5. The van der Waals surface area contributed by atoms with Crippen molar-refractivity contribution in [3.63, 3.8) is 0 Å². The van der Waals surface area contributed by atoms with Gasteiger partial charge in [-0.1, -0.05) is 43.7 Å². The molecule has 0 aromatic heterocycles. The SMILES string of the molecule is CCCO[C@@H]1[C@@H](Cc2ccccc2)CCC[C@H](N)C(=O)O[C@H]1C.Cl. The third-order valence-corrected chi connectivity index (χ3v) is 4.48. The molecule has 0 saturated carbocycles. The first kappa shape index (κ1) is 20.9. The maximum Gasteiger partial charge on any atom is 0.323 e. The Bertz CT molecular complexity index is 483. The van der Waals surface area contributed by atoms with E-state index in [2.05, 4.69) is 31.2 Å². The van der Waals surface area contributed by atoms with Crippen LogP contribution in [0.3, 0.4) is 0 Å². The Hall–Kier alpha value is -1.10. The van der Waals surface area contributed by atoms with E-state index in [0.29, 0.717) is 18.9 Å². The highest BCUT2D eigenvalue weighted by Crippen LogP contribution is 2.27. The second-order valence-electron chi connectivity index (χ2n) is 6.46. The molecule has 0 amide bonds. The third kappa shape index (κ3) is 6.08. The number of benzene rings is 1. The normalized spacial score (nSPS) is 28.0. The Morgan fingerprint density at radius 2 is 1.96 bits per heavy atom. The minimum atomic E-state index is -0.514. The molecule has 0 unspecified atom stereocenters. The van der Waals surface area contributed by atoms with Crippen LogP contribution in [-0.4, -0.2) is 30.8 Å². The highest BCUT2D eigenvalue weighted by molar-refractivity contribution is 5.85. The van der Waals surface area contributed by atoms with Crippen molar-refractivity contribution in [1.82, 2.24) is 0 Å². The van der Waals surface area contributed by atoms with E-state index in [9.17, 15) is 4.79 Å². The van der Waals surface area contributed by atoms with Gasteiger partial charge < -0.3 is 15.2 Å². The van der Waals surface area contributed by atoms with Gasteiger partial charge in [0, 0.05) is 6.61 Å². The van der Waals surface area contributed by atoms with Gasteiger partial charge in [0.15, 0.2) is 0 Å². The summed E-state index contributed by atoms with van der Waals surface area (Å²) in [7, 11) is 0. The van der Waals surface area contributed by atoms with Gasteiger partial charge in [-0.25, -0.2) is 0 Å². The molecule has 2 N–H and O–H groups in total. The minimum Gasteiger partial charge on any atom is -0.459 e. The third-order valence-electron chi connectivity index (χ3n) is 4.48. The van der Waals surface area contributed by atoms with Crippen molar-refractivity contribution in [2.24, 2.45) is 11.7 Å². The smallest absolute Gasteiger partial charge is 0.323 e. The van der Waals surface area contributed by atoms with E-state index in [-0.39, 0.29) is 30.6 Å². The van der Waals surface area contributed by atoms with Gasteiger partial charge >= 0.3 is 5.97 Å². The first-order chi connectivity index (χ1) is 11.1. The van der Waals surface area contributed by atoms with Gasteiger partial charge in [-0.3, -0.25) is 4.79 Å². The molecular formula is C19H30ClNO3. The van der Waals surface area contributed by atoms with E-state index in [1.807, 2.05) is 13.0 Å². The average Bonchev–Trinajstić information content (AvgIpc) is 2.59. The van der Waals surface area contributed by atoms with Crippen LogP contribution in [0.1, 0.15) is 45.1 Å². The quantitative estimate of drug-likeness (QED) is 0.821. The predicted octanol–water partition coefficient (Wildman–Crippen LogP) is 3.51. The predicted molar refractivity (Wildman–Crippen MR) is 98.3 cm³/mol. The number of carbonyl (C=O) groups is 1. The first-order valence-corrected chi connectivity index (χ1v) is 8.73. The Morgan fingerprint density at radius 3 is 2.62 bits per heavy atom. The van der Waals surface area contributed by atoms with Gasteiger partial charge in [0.2, 0.25) is 0 Å². The lowest BCUT2D eigenvalue weighted by Gasteiger charge is -2.31. The van der Waals surface area contributed by atoms with E-state index in [0.717, 1.165) is 25.7 Å². The number of halogens is 1. The molecule has 4 atom stereocenters. The van der Waals surface area contributed by atoms with E-state index in [1.165, 1.54) is 5.56 Å². The zero-order chi connectivity index (χ0) is 16.7. The molecular weight excluding hydrogens is 326 g/mol. The summed E-state index contributed by atoms with van der Waals surface area (Å²) in [6.07, 6.45) is 4.14. The molecule has 0 spiro atoms. The number of cyclic esters (lactones) is 1. The molecule has 1 aliphatic heterocycles. The average molecular weight is 356 g/mol. The van der Waals surface area contributed by atoms with Crippen LogP contribution >= 0.6 is 12.4 Å². The van der Waals surface area contributed by atoms with Crippen LogP contribution in [0, 0.1) is 5.92 Å². The zero-order valence-corrected chi connectivity index (χ0v) is 15.5. The number of carbonyl (C=O) groups excluding carboxylic acids is 1. The molecule has 1 heterocycles. The van der Waals surface area contributed by atoms with Crippen LogP contribution in [0.25, 0.3) is 0 Å². The summed E-state index contributed by atoms with van der Waals surface area (Å²) >= 11 is 0. The summed E-state index contributed by atoms with van der Waals surface area (Å²) in [5.74, 6) is 0.0278. The summed E-state index contributed by atoms with van der Waals surface area (Å²) in [4.78, 5) is 12.0. The van der Waals surface area contributed by atoms with Crippen LogP contribution in [-0.2, 0) is 20.7 Å². The monoisotopic (exact) mass is 355 g/mol. The van der Waals surface area contributed by atoms with Crippen molar-refractivity contribution in [2.45, 2.75) is 64.2 Å². The van der Waals surface area contributed by atoms with Crippen LogP contribution in [0.15, 0.2) is 30.3 Å². The molecule has 0 aliphatic carbocycles. The number of ether oxygens (including phenoxy) is 2. The maximum absolute atomic E-state index is 12.0. The Labute approximate surface area is 151 Å². The van der Waals surface area contributed by atoms with Crippen molar-refractivity contribution in [2.75, 3.05) is 6.61 Å². The number of esters is 1. The lowest BCUT2D eigenvalue weighted by molar-refractivity contribution is -0.160. The van der Waals surface area contributed by atoms with Gasteiger partial charge in [-0.2, -0.15) is 0 Å². The van der Waals surface area contributed by atoms with Gasteiger partial charge in [-0.15, -0.1) is 12.4 Å². The first-order valence-electron chi connectivity index (χ1n) is 8.73. The minimum absolute atomic E-state index is 0. The molecule has 24 heavy (non-hydrogen) atoms. The number of nitrogens with two attached hydrogens (primary N) is 1. The summed E-state index contributed by atoms with van der Waals surface area (Å²) in [5.41, 5.74) is 7.20. The summed E-state index contributed by atoms with van der Waals surface area (Å²) in [6, 6.07) is 9.93. The van der Waals surface area contributed by atoms with Gasteiger partial charge in [0.1, 0.15) is 12.1 Å². The second kappa shape index (κ2) is 10.7. The topological polar surface area (TPSA) is 61.5 Å². The lowest BCUT2D eigenvalue weighted by Crippen LogP contribution is -2.40. The van der Waals surface area contributed by atoms with E-state index in [4.69, 9.17) is 15.2 Å². The molecule has 2 rings (SSSR count). The Kier molecular flexibility index (Phi) is 9.34. The Morgan fingerprint density at radius 1 is 1.25 bits per heavy atom. The zero-order valence-electron chi connectivity index (χ0n) is 14.6. The molecule has 1 aromatic rings. The second-order valence-corrected chi connectivity index (χ2v) is 6.46. The Balaban J connectivity index is 0.00000288. The molecule has 1 saturated heterocycles. The maximum atomic E-state index is 12.0. The van der Waals surface area contributed by atoms with Crippen molar-refractivity contribution >= 4 is 18.4 Å². The number of hydrogen-bond donors (Lipinski definition) is 1. The molecule has 1 fully saturated rings. The van der Waals surface area contributed by atoms with Crippen LogP contribution in [0.5, 0.6) is 0 Å².